The number of aromatic nitrogens is 1. The first-order valence-electron chi connectivity index (χ1n) is 5.66. The van der Waals surface area contributed by atoms with Crippen molar-refractivity contribution in [2.45, 2.75) is 26.4 Å². The third-order valence-corrected chi connectivity index (χ3v) is 3.80. The standard InChI is InChI=1S/C13H14FIN2O/c1-13(2)7-8(18)6-10(11(13)14)17-12-9(15)4-3-5-16-12/h3-6,11H,7H2,1-2H3,(H,16,17). The van der Waals surface area contributed by atoms with E-state index < -0.39 is 11.6 Å². The summed E-state index contributed by atoms with van der Waals surface area (Å²) in [6, 6.07) is 3.68. The monoisotopic (exact) mass is 360 g/mol. The molecule has 2 rings (SSSR count). The van der Waals surface area contributed by atoms with Gasteiger partial charge in [-0.2, -0.15) is 0 Å². The summed E-state index contributed by atoms with van der Waals surface area (Å²) in [6.07, 6.45) is 2.03. The van der Waals surface area contributed by atoms with E-state index in [0.717, 1.165) is 3.57 Å². The highest BCUT2D eigenvalue weighted by atomic mass is 127. The molecule has 1 N–H and O–H groups in total. The van der Waals surface area contributed by atoms with Crippen molar-refractivity contribution in [2.24, 2.45) is 5.41 Å². The molecule has 96 valence electrons. The molecule has 0 radical (unpaired) electrons. The fourth-order valence-corrected chi connectivity index (χ4v) is 2.45. The number of hydrogen-bond acceptors (Lipinski definition) is 3. The Kier molecular flexibility index (Phi) is 3.70. The lowest BCUT2D eigenvalue weighted by Crippen LogP contribution is -2.36. The van der Waals surface area contributed by atoms with Gasteiger partial charge in [0.1, 0.15) is 12.0 Å². The van der Waals surface area contributed by atoms with Gasteiger partial charge in [0.15, 0.2) is 5.78 Å². The highest BCUT2D eigenvalue weighted by Crippen LogP contribution is 2.37. The first-order chi connectivity index (χ1) is 8.40. The number of nitrogens with zero attached hydrogens (tertiary/aromatic N) is 1. The lowest BCUT2D eigenvalue weighted by Gasteiger charge is -2.33. The number of allylic oxidation sites excluding steroid dienone is 2. The van der Waals surface area contributed by atoms with Crippen LogP contribution in [0.15, 0.2) is 30.1 Å². The first-order valence-corrected chi connectivity index (χ1v) is 6.74. The quantitative estimate of drug-likeness (QED) is 0.823. The van der Waals surface area contributed by atoms with Gasteiger partial charge in [0.2, 0.25) is 0 Å². The van der Waals surface area contributed by atoms with E-state index in [1.165, 1.54) is 6.08 Å². The summed E-state index contributed by atoms with van der Waals surface area (Å²) in [5.41, 5.74) is -0.373. The molecule has 0 saturated heterocycles. The van der Waals surface area contributed by atoms with Crippen molar-refractivity contribution in [3.63, 3.8) is 0 Å². The van der Waals surface area contributed by atoms with Gasteiger partial charge >= 0.3 is 0 Å². The number of carbonyl (C=O) groups is 1. The molecule has 1 aliphatic rings. The number of nitrogens with one attached hydrogen (secondary N) is 1. The molecular formula is C13H14FIN2O. The molecule has 1 heterocycles. The van der Waals surface area contributed by atoms with Gasteiger partial charge in [-0.05, 0) is 34.7 Å². The molecule has 0 spiro atoms. The summed E-state index contributed by atoms with van der Waals surface area (Å²) >= 11 is 2.12. The van der Waals surface area contributed by atoms with Gasteiger partial charge < -0.3 is 5.32 Å². The Hall–Kier alpha value is -0.980. The van der Waals surface area contributed by atoms with Crippen LogP contribution in [0, 0.1) is 8.99 Å². The van der Waals surface area contributed by atoms with Crippen molar-refractivity contribution in [1.29, 1.82) is 0 Å². The zero-order valence-electron chi connectivity index (χ0n) is 10.2. The number of rotatable bonds is 2. The van der Waals surface area contributed by atoms with Crippen molar-refractivity contribution < 1.29 is 9.18 Å². The van der Waals surface area contributed by atoms with Crippen LogP contribution in [0.4, 0.5) is 10.2 Å². The minimum absolute atomic E-state index is 0.0534. The molecule has 0 fully saturated rings. The van der Waals surface area contributed by atoms with Crippen LogP contribution in [0.1, 0.15) is 20.3 Å². The van der Waals surface area contributed by atoms with E-state index in [1.54, 1.807) is 20.0 Å². The molecule has 1 aromatic rings. The van der Waals surface area contributed by atoms with E-state index >= 15 is 0 Å². The van der Waals surface area contributed by atoms with Crippen LogP contribution in [0.3, 0.4) is 0 Å². The average Bonchev–Trinajstić information content (AvgIpc) is 2.27. The minimum Gasteiger partial charge on any atom is -0.340 e. The molecular weight excluding hydrogens is 346 g/mol. The SMILES string of the molecule is CC1(C)CC(=O)C=C(Nc2ncccc2I)C1F. The second kappa shape index (κ2) is 4.95. The molecule has 1 aliphatic carbocycles. The Labute approximate surface area is 119 Å². The maximum Gasteiger partial charge on any atom is 0.158 e. The Bertz CT molecular complexity index is 513. The van der Waals surface area contributed by atoms with Crippen LogP contribution in [0.2, 0.25) is 0 Å². The van der Waals surface area contributed by atoms with Crippen molar-refractivity contribution in [2.75, 3.05) is 5.32 Å². The van der Waals surface area contributed by atoms with E-state index in [2.05, 4.69) is 32.9 Å². The Morgan fingerprint density at radius 3 is 2.94 bits per heavy atom. The number of anilines is 1. The fraction of sp³-hybridized carbons (Fsp3) is 0.385. The van der Waals surface area contributed by atoms with E-state index in [0.29, 0.717) is 11.5 Å². The lowest BCUT2D eigenvalue weighted by molar-refractivity contribution is -0.118. The van der Waals surface area contributed by atoms with Crippen molar-refractivity contribution in [1.82, 2.24) is 4.98 Å². The highest BCUT2D eigenvalue weighted by molar-refractivity contribution is 14.1. The maximum atomic E-state index is 14.3. The second-order valence-corrected chi connectivity index (χ2v) is 6.21. The van der Waals surface area contributed by atoms with E-state index in [-0.39, 0.29) is 12.2 Å². The predicted octanol–water partition coefficient (Wildman–Crippen LogP) is 3.32. The zero-order valence-corrected chi connectivity index (χ0v) is 12.4. The van der Waals surface area contributed by atoms with E-state index in [9.17, 15) is 9.18 Å². The molecule has 1 atom stereocenters. The number of ketones is 1. The van der Waals surface area contributed by atoms with Crippen LogP contribution >= 0.6 is 22.6 Å². The molecule has 5 heteroatoms. The van der Waals surface area contributed by atoms with Gasteiger partial charge in [-0.3, -0.25) is 4.79 Å². The Balaban J connectivity index is 2.29. The minimum atomic E-state index is -1.19. The van der Waals surface area contributed by atoms with Crippen molar-refractivity contribution in [3.05, 3.63) is 33.7 Å². The summed E-state index contributed by atoms with van der Waals surface area (Å²) < 4.78 is 15.2. The van der Waals surface area contributed by atoms with Crippen LogP contribution in [-0.4, -0.2) is 16.9 Å². The lowest BCUT2D eigenvalue weighted by atomic mass is 9.77. The van der Waals surface area contributed by atoms with Crippen molar-refractivity contribution in [3.8, 4) is 0 Å². The fourth-order valence-electron chi connectivity index (χ4n) is 1.97. The van der Waals surface area contributed by atoms with Gasteiger partial charge in [-0.15, -0.1) is 0 Å². The molecule has 1 unspecified atom stereocenters. The average molecular weight is 360 g/mol. The number of pyridine rings is 1. The summed E-state index contributed by atoms with van der Waals surface area (Å²) in [6.45, 7) is 3.52. The van der Waals surface area contributed by atoms with E-state index in [4.69, 9.17) is 0 Å². The van der Waals surface area contributed by atoms with Gasteiger partial charge in [-0.1, -0.05) is 13.8 Å². The van der Waals surface area contributed by atoms with Crippen LogP contribution in [0.5, 0.6) is 0 Å². The topological polar surface area (TPSA) is 42.0 Å². The summed E-state index contributed by atoms with van der Waals surface area (Å²) in [7, 11) is 0. The number of hydrogen-bond donors (Lipinski definition) is 1. The molecule has 0 saturated carbocycles. The Morgan fingerprint density at radius 1 is 1.56 bits per heavy atom. The number of carbonyl (C=O) groups excluding carboxylic acids is 1. The molecule has 0 amide bonds. The van der Waals surface area contributed by atoms with Crippen molar-refractivity contribution >= 4 is 34.2 Å². The van der Waals surface area contributed by atoms with Gasteiger partial charge in [0.05, 0.1) is 9.27 Å². The van der Waals surface area contributed by atoms with Gasteiger partial charge in [0.25, 0.3) is 0 Å². The third kappa shape index (κ3) is 2.71. The maximum absolute atomic E-state index is 14.3. The molecule has 1 aromatic heterocycles. The van der Waals surface area contributed by atoms with Gasteiger partial charge in [0, 0.05) is 24.1 Å². The molecule has 3 nitrogen and oxygen atoms in total. The summed E-state index contributed by atoms with van der Waals surface area (Å²) in [5, 5.41) is 2.93. The molecule has 18 heavy (non-hydrogen) atoms. The summed E-state index contributed by atoms with van der Waals surface area (Å²) in [4.78, 5) is 15.7. The second-order valence-electron chi connectivity index (χ2n) is 5.05. The predicted molar refractivity (Wildman–Crippen MR) is 77.0 cm³/mol. The number of halogens is 2. The third-order valence-electron chi connectivity index (χ3n) is 2.93. The van der Waals surface area contributed by atoms with Crippen LogP contribution < -0.4 is 5.32 Å². The first kappa shape index (κ1) is 13.5. The number of alkyl halides is 1. The zero-order chi connectivity index (χ0) is 13.3. The van der Waals surface area contributed by atoms with Gasteiger partial charge in [-0.25, -0.2) is 9.37 Å². The largest absolute Gasteiger partial charge is 0.340 e. The molecule has 0 bridgehead atoms. The normalized spacial score (nSPS) is 22.6. The smallest absolute Gasteiger partial charge is 0.158 e. The highest BCUT2D eigenvalue weighted by Gasteiger charge is 2.38. The Morgan fingerprint density at radius 2 is 2.28 bits per heavy atom. The van der Waals surface area contributed by atoms with Crippen LogP contribution in [-0.2, 0) is 4.79 Å². The van der Waals surface area contributed by atoms with E-state index in [1.807, 2.05) is 12.1 Å². The molecule has 0 aromatic carbocycles. The molecule has 0 aliphatic heterocycles. The van der Waals surface area contributed by atoms with Crippen LogP contribution in [0.25, 0.3) is 0 Å². The summed E-state index contributed by atoms with van der Waals surface area (Å²) in [5.74, 6) is 0.528.